The van der Waals surface area contributed by atoms with Crippen molar-refractivity contribution in [1.82, 2.24) is 4.90 Å². The minimum atomic E-state index is -0.590. The Morgan fingerprint density at radius 1 is 0.817 bits per heavy atom. The molecule has 0 aromatic heterocycles. The number of rotatable bonds is 24. The van der Waals surface area contributed by atoms with Crippen molar-refractivity contribution in [3.05, 3.63) is 106 Å². The molecule has 0 aliphatic carbocycles. The first-order valence-electron chi connectivity index (χ1n) is 20.5. The number of unbranched alkanes of at least 4 members (excludes halogenated alkanes) is 2. The Balaban J connectivity index is 1.73. The van der Waals surface area contributed by atoms with Crippen LogP contribution >= 0.6 is 0 Å². The first-order valence-corrected chi connectivity index (χ1v) is 20.5. The Morgan fingerprint density at radius 3 is 1.80 bits per heavy atom. The molecule has 2 unspecified atom stereocenters. The van der Waals surface area contributed by atoms with Crippen molar-refractivity contribution in [3.8, 4) is 6.07 Å². The van der Waals surface area contributed by atoms with Crippen LogP contribution in [-0.4, -0.2) is 68.2 Å². The molecule has 60 heavy (non-hydrogen) atoms. The zero-order chi connectivity index (χ0) is 43.9. The Morgan fingerprint density at radius 2 is 1.35 bits per heavy atom. The number of amides is 1. The molecule has 316 valence electrons. The maximum Gasteiger partial charge on any atom is 0.308 e. The van der Waals surface area contributed by atoms with Gasteiger partial charge in [-0.05, 0) is 67.6 Å². The van der Waals surface area contributed by atoms with Crippen LogP contribution < -0.4 is 4.90 Å². The highest BCUT2D eigenvalue weighted by Crippen LogP contribution is 2.34. The third-order valence-corrected chi connectivity index (χ3v) is 9.91. The SMILES string of the molecule is [C-]#[N+]C1=C(/C=C/c2ccc(N=Nc3ccc(N(CCOC(=O)C(CC)CCCC)CCOC(=O)C(CC)CCCC)cc3)cc2)C(=O)N(CCOC(C)=O)/C1=C(\C#N)[N+]#[C-]. The molecule has 1 aliphatic rings. The maximum absolute atomic E-state index is 13.3. The van der Waals surface area contributed by atoms with Gasteiger partial charge >= 0.3 is 17.9 Å². The quantitative estimate of drug-likeness (QED) is 0.0330. The average molecular weight is 818 g/mol. The summed E-state index contributed by atoms with van der Waals surface area (Å²) in [5.74, 6) is -1.75. The zero-order valence-corrected chi connectivity index (χ0v) is 35.3. The van der Waals surface area contributed by atoms with E-state index in [1.54, 1.807) is 36.4 Å². The van der Waals surface area contributed by atoms with Crippen LogP contribution in [-0.2, 0) is 33.4 Å². The summed E-state index contributed by atoms with van der Waals surface area (Å²) in [7, 11) is 0. The number of nitriles is 1. The van der Waals surface area contributed by atoms with Crippen molar-refractivity contribution in [1.29, 1.82) is 5.26 Å². The molecule has 0 N–H and O–H groups in total. The smallest absolute Gasteiger partial charge is 0.308 e. The van der Waals surface area contributed by atoms with E-state index in [0.717, 1.165) is 62.0 Å². The molecule has 0 radical (unpaired) electrons. The number of allylic oxidation sites excluding steroid dienone is 1. The number of carbonyl (C=O) groups is 4. The van der Waals surface area contributed by atoms with Crippen molar-refractivity contribution < 1.29 is 33.4 Å². The standard InChI is InChI=1S/C46H55N7O7/c1-8-12-14-35(10-3)45(56)59-29-26-52(27-30-60-46(57)36(11-4)15-13-9-2)39-23-21-38(22-24-39)51-50-37-19-16-34(17-20-37)18-25-40-42(49-7)43(41(32-47)48-6)53(44(40)55)28-31-58-33(5)54/h16-25,35-36H,8-15,26-31H2,1-5H3/b25-18+,43-41+,51-50?. The van der Waals surface area contributed by atoms with Crippen LogP contribution in [0.3, 0.4) is 0 Å². The lowest BCUT2D eigenvalue weighted by Gasteiger charge is -2.25. The van der Waals surface area contributed by atoms with Gasteiger partial charge in [-0.3, -0.25) is 19.2 Å². The van der Waals surface area contributed by atoms with Gasteiger partial charge in [0.15, 0.2) is 0 Å². The fraction of sp³-hybridized carbons (Fsp3) is 0.457. The predicted molar refractivity (Wildman–Crippen MR) is 228 cm³/mol. The van der Waals surface area contributed by atoms with Crippen molar-refractivity contribution in [2.45, 2.75) is 86.0 Å². The molecule has 0 bridgehead atoms. The van der Waals surface area contributed by atoms with Gasteiger partial charge in [-0.25, -0.2) is 15.0 Å². The third kappa shape index (κ3) is 14.4. The van der Waals surface area contributed by atoms with Gasteiger partial charge in [0.25, 0.3) is 5.70 Å². The third-order valence-electron chi connectivity index (χ3n) is 9.91. The number of benzene rings is 2. The summed E-state index contributed by atoms with van der Waals surface area (Å²) < 4.78 is 16.4. The number of anilines is 1. The van der Waals surface area contributed by atoms with E-state index in [1.165, 1.54) is 13.0 Å². The second kappa shape index (κ2) is 25.7. The van der Waals surface area contributed by atoms with E-state index in [-0.39, 0.29) is 67.1 Å². The molecule has 2 aromatic carbocycles. The number of ether oxygens (including phenoxy) is 3. The van der Waals surface area contributed by atoms with Crippen LogP contribution in [0.2, 0.25) is 0 Å². The highest BCUT2D eigenvalue weighted by molar-refractivity contribution is 6.04. The van der Waals surface area contributed by atoms with Crippen LogP contribution in [0.5, 0.6) is 0 Å². The second-order valence-corrected chi connectivity index (χ2v) is 14.0. The topological polar surface area (TPSA) is 160 Å². The van der Waals surface area contributed by atoms with Crippen molar-refractivity contribution in [3.63, 3.8) is 0 Å². The minimum Gasteiger partial charge on any atom is -0.464 e. The van der Waals surface area contributed by atoms with Gasteiger partial charge in [-0.1, -0.05) is 77.7 Å². The van der Waals surface area contributed by atoms with Gasteiger partial charge in [0.1, 0.15) is 19.8 Å². The van der Waals surface area contributed by atoms with Gasteiger partial charge in [0.2, 0.25) is 11.6 Å². The monoisotopic (exact) mass is 817 g/mol. The van der Waals surface area contributed by atoms with Crippen molar-refractivity contribution in [2.75, 3.05) is 44.4 Å². The number of hydrogen-bond donors (Lipinski definition) is 0. The normalized spacial score (nSPS) is 14.4. The van der Waals surface area contributed by atoms with Gasteiger partial charge in [0.05, 0.1) is 67.8 Å². The van der Waals surface area contributed by atoms with Gasteiger partial charge in [0, 0.05) is 18.2 Å². The van der Waals surface area contributed by atoms with Gasteiger partial charge < -0.3 is 24.0 Å². The second-order valence-electron chi connectivity index (χ2n) is 14.0. The molecule has 1 heterocycles. The fourth-order valence-corrected chi connectivity index (χ4v) is 6.41. The molecule has 0 fully saturated rings. The molecule has 2 aromatic rings. The van der Waals surface area contributed by atoms with Gasteiger partial charge in [-0.2, -0.15) is 10.2 Å². The summed E-state index contributed by atoms with van der Waals surface area (Å²) in [5, 5.41) is 18.3. The molecular formula is C46H55N7O7. The first kappa shape index (κ1) is 47.8. The molecule has 0 saturated carbocycles. The summed E-state index contributed by atoms with van der Waals surface area (Å²) in [6.45, 7) is 25.5. The van der Waals surface area contributed by atoms with Crippen molar-refractivity contribution >= 4 is 47.0 Å². The number of carbonyl (C=O) groups excluding carboxylic acids is 4. The molecule has 14 heteroatoms. The number of nitrogens with zero attached hydrogens (tertiary/aromatic N) is 7. The number of hydrogen-bond acceptors (Lipinski definition) is 11. The molecule has 2 atom stereocenters. The lowest BCUT2D eigenvalue weighted by molar-refractivity contribution is -0.149. The lowest BCUT2D eigenvalue weighted by Crippen LogP contribution is -2.33. The Labute approximate surface area is 353 Å². The maximum atomic E-state index is 13.3. The number of esters is 3. The van der Waals surface area contributed by atoms with Crippen LogP contribution in [0.15, 0.2) is 87.5 Å². The summed E-state index contributed by atoms with van der Waals surface area (Å²) in [6.07, 6.45) is 10.2. The molecule has 0 saturated heterocycles. The van der Waals surface area contributed by atoms with Crippen LogP contribution in [0.4, 0.5) is 17.1 Å². The van der Waals surface area contributed by atoms with E-state index in [9.17, 15) is 24.4 Å². The zero-order valence-electron chi connectivity index (χ0n) is 35.3. The molecule has 1 aliphatic heterocycles. The van der Waals surface area contributed by atoms with Crippen LogP contribution in [0.1, 0.15) is 91.5 Å². The molecule has 3 rings (SSSR count). The summed E-state index contributed by atoms with van der Waals surface area (Å²) in [6, 6.07) is 16.2. The minimum absolute atomic E-state index is 0.00659. The van der Waals surface area contributed by atoms with E-state index in [1.807, 2.05) is 43.0 Å². The van der Waals surface area contributed by atoms with E-state index in [0.29, 0.717) is 30.0 Å². The Hall–Kier alpha value is -6.59. The van der Waals surface area contributed by atoms with Crippen LogP contribution in [0.25, 0.3) is 15.8 Å². The van der Waals surface area contributed by atoms with E-state index < -0.39 is 17.6 Å². The Bertz CT molecular complexity index is 1980. The van der Waals surface area contributed by atoms with Crippen molar-refractivity contribution in [2.24, 2.45) is 22.1 Å². The highest BCUT2D eigenvalue weighted by atomic mass is 16.5. The molecule has 0 spiro atoms. The van der Waals surface area contributed by atoms with E-state index >= 15 is 0 Å². The number of azo groups is 1. The summed E-state index contributed by atoms with van der Waals surface area (Å²) >= 11 is 0. The Kier molecular flexibility index (Phi) is 20.5. The average Bonchev–Trinajstić information content (AvgIpc) is 3.52. The predicted octanol–water partition coefficient (Wildman–Crippen LogP) is 9.67. The van der Waals surface area contributed by atoms with E-state index in [4.69, 9.17) is 27.4 Å². The molecular weight excluding hydrogens is 763 g/mol. The van der Waals surface area contributed by atoms with Gasteiger partial charge in [-0.15, -0.1) is 0 Å². The highest BCUT2D eigenvalue weighted by Gasteiger charge is 2.36. The largest absolute Gasteiger partial charge is 0.464 e. The van der Waals surface area contributed by atoms with E-state index in [2.05, 4.69) is 33.8 Å². The summed E-state index contributed by atoms with van der Waals surface area (Å²) in [5.41, 5.74) is 2.04. The lowest BCUT2D eigenvalue weighted by atomic mass is 10.00. The summed E-state index contributed by atoms with van der Waals surface area (Å²) in [4.78, 5) is 60.0. The molecule has 14 nitrogen and oxygen atoms in total. The molecule has 1 amide bonds. The fourth-order valence-electron chi connectivity index (χ4n) is 6.41. The van der Waals surface area contributed by atoms with Crippen LogP contribution in [0, 0.1) is 36.3 Å². The first-order chi connectivity index (χ1) is 29.0.